The van der Waals surface area contributed by atoms with Gasteiger partial charge >= 0.3 is 5.97 Å². The van der Waals surface area contributed by atoms with Gasteiger partial charge in [0.1, 0.15) is 287 Å². The summed E-state index contributed by atoms with van der Waals surface area (Å²) in [6.07, 6.45) is -128. The van der Waals surface area contributed by atoms with E-state index in [1.165, 1.54) is 6.92 Å². The number of hydrogen-bond acceptors (Lipinski definition) is 62. The van der Waals surface area contributed by atoms with E-state index in [1.54, 1.807) is 0 Å². The lowest BCUT2D eigenvalue weighted by molar-refractivity contribution is -0.409. The summed E-state index contributed by atoms with van der Waals surface area (Å²) in [5, 5.41) is 403. The molecule has 67 heteroatoms. The Morgan fingerprint density at radius 1 is 0.287 bits per heavy atom. The van der Waals surface area contributed by atoms with E-state index in [-0.39, 0.29) is 0 Å². The van der Waals surface area contributed by atoms with Crippen molar-refractivity contribution in [3.8, 4) is 0 Å². The summed E-state index contributed by atoms with van der Waals surface area (Å²) < 4.78 is 138. The van der Waals surface area contributed by atoms with Crippen LogP contribution in [0, 0.1) is 0 Å². The molecular weight excluding hydrogens is 2060 g/mol. The lowest BCUT2D eigenvalue weighted by Gasteiger charge is -2.52. The topological polar surface area (TPSA) is 1050 Å². The Morgan fingerprint density at radius 2 is 0.600 bits per heavy atom. The van der Waals surface area contributed by atoms with Crippen LogP contribution >= 0.6 is 0 Å². The molecule has 0 aromatic carbocycles. The SMILES string of the molecule is CC(=O)N[C@@H]1[C@@H](O)[C@H](O[C@@H]2O[C@H](CO)[C@@H](O[C@@H]3O[C@H](CO[C@H]4O[C@H](CO[C@H]5O[C@H](CO)[C@@H](O)[C@H](O)[C@@H]5O)[C@@H](O)[C@H](O[C@H]5O[C@H](CO)[C@@H](O)[C@H](O)[C@@H]5O)[C@@H]4O)[C@@H](O[C@@H]4O[C@H](CO)[C@@H](O)[C@H](O)[C@H]4NC(C)=O)[C@H](O[C@H]4O[C@H](CO)[C@@H](O)[C@H](O)[C@@H]4O[C@@H]4O[C@H](CO)[C@@H](O[C@@H]5O[C@H](CO[C@]6(C(=O)O)C[C@H](O)[C@@H](O)[C@H]([C@H](O)[C@H](O)CO)O6)[C@H](O)[C@H](O)[C@H]5O)[C@H](O)[C@H]4NC(C)=O)[C@@H]3O)[C@H](O)[C@H]2NC(C)=O)[C@@H](CO[C@@H]2O[C@@H](C)[C@@H](O)[C@@H](O)[C@@H]2O)O[C@H]1O. The number of carbonyl (C=O) groups is 5. The van der Waals surface area contributed by atoms with Crippen molar-refractivity contribution in [2.24, 2.45) is 0 Å². The van der Waals surface area contributed by atoms with Gasteiger partial charge in [-0.2, -0.15) is 0 Å². The molecule has 12 heterocycles. The number of carbonyl (C=O) groups excluding carboxylic acids is 4. The quantitative estimate of drug-likeness (QED) is 0.0271. The molecule has 868 valence electrons. The van der Waals surface area contributed by atoms with Crippen LogP contribution in [0.25, 0.3) is 0 Å². The second-order valence-electron chi connectivity index (χ2n) is 38.1. The highest BCUT2D eigenvalue weighted by Gasteiger charge is 2.65. The van der Waals surface area contributed by atoms with Gasteiger partial charge in [-0.3, -0.25) is 19.2 Å². The number of aliphatic hydroxyl groups is 34. The highest BCUT2D eigenvalue weighted by molar-refractivity contribution is 5.76. The number of carboxylic acids is 1. The van der Waals surface area contributed by atoms with E-state index in [9.17, 15) is 203 Å². The maximum atomic E-state index is 13.6. The summed E-state index contributed by atoms with van der Waals surface area (Å²) in [6.45, 7) is -8.88. The lowest BCUT2D eigenvalue weighted by Crippen LogP contribution is -2.71. The second kappa shape index (κ2) is 53.4. The Morgan fingerprint density at radius 3 is 1.07 bits per heavy atom. The summed E-state index contributed by atoms with van der Waals surface area (Å²) in [7, 11) is 0. The first-order chi connectivity index (χ1) is 70.7. The number of amides is 4. The van der Waals surface area contributed by atoms with Crippen molar-refractivity contribution in [1.82, 2.24) is 21.3 Å². The van der Waals surface area contributed by atoms with Crippen molar-refractivity contribution >= 4 is 29.6 Å². The molecule has 0 saturated carbocycles. The maximum Gasteiger partial charge on any atom is 0.364 e. The Bertz CT molecular complexity index is 4220. The van der Waals surface area contributed by atoms with Crippen LogP contribution < -0.4 is 21.3 Å². The molecule has 0 aromatic heterocycles. The van der Waals surface area contributed by atoms with Crippen molar-refractivity contribution < 1.29 is 312 Å². The smallest absolute Gasteiger partial charge is 0.364 e. The van der Waals surface area contributed by atoms with Gasteiger partial charge in [-0.25, -0.2) is 4.79 Å². The Kier molecular flexibility index (Phi) is 44.0. The molecular formula is C83H138N4O63. The third-order valence-electron chi connectivity index (χ3n) is 27.6. The van der Waals surface area contributed by atoms with Crippen LogP contribution in [0.4, 0.5) is 0 Å². The third-order valence-corrected chi connectivity index (χ3v) is 27.6. The van der Waals surface area contributed by atoms with Gasteiger partial charge in [-0.1, -0.05) is 0 Å². The summed E-state index contributed by atoms with van der Waals surface area (Å²) in [6, 6.07) is -8.42. The van der Waals surface area contributed by atoms with Gasteiger partial charge < -0.3 is 309 Å². The van der Waals surface area contributed by atoms with Gasteiger partial charge in [-0.15, -0.1) is 0 Å². The first kappa shape index (κ1) is 124. The van der Waals surface area contributed by atoms with E-state index in [4.69, 9.17) is 109 Å². The van der Waals surface area contributed by atoms with Gasteiger partial charge in [-0.05, 0) is 6.92 Å². The molecule has 12 aliphatic heterocycles. The van der Waals surface area contributed by atoms with E-state index in [0.29, 0.717) is 0 Å². The average Bonchev–Trinajstić information content (AvgIpc) is 0.755. The minimum atomic E-state index is -3.16. The molecule has 0 spiro atoms. The molecule has 0 unspecified atom stereocenters. The molecule has 150 heavy (non-hydrogen) atoms. The van der Waals surface area contributed by atoms with Crippen molar-refractivity contribution in [2.75, 3.05) is 72.7 Å². The van der Waals surface area contributed by atoms with Crippen molar-refractivity contribution in [1.29, 1.82) is 0 Å². The summed E-state index contributed by atoms with van der Waals surface area (Å²) in [5.41, 5.74) is 0. The third kappa shape index (κ3) is 27.2. The van der Waals surface area contributed by atoms with Crippen LogP contribution in [0.15, 0.2) is 0 Å². The minimum Gasteiger partial charge on any atom is -0.477 e. The molecule has 0 aromatic rings. The molecule has 0 aliphatic carbocycles. The van der Waals surface area contributed by atoms with Crippen molar-refractivity contribution in [3.63, 3.8) is 0 Å². The number of nitrogens with one attached hydrogen (secondary N) is 4. The van der Waals surface area contributed by atoms with Crippen LogP contribution in [-0.4, -0.2) is 655 Å². The summed E-state index contributed by atoms with van der Waals surface area (Å²) in [5.74, 6) is -9.47. The van der Waals surface area contributed by atoms with E-state index < -0.39 is 483 Å². The fourth-order valence-electron chi connectivity index (χ4n) is 19.2. The Balaban J connectivity index is 0.938. The predicted molar refractivity (Wildman–Crippen MR) is 457 cm³/mol. The van der Waals surface area contributed by atoms with Crippen LogP contribution in [0.1, 0.15) is 41.0 Å². The van der Waals surface area contributed by atoms with Gasteiger partial charge in [0, 0.05) is 34.1 Å². The number of carboxylic acid groups (broad SMARTS) is 1. The minimum absolute atomic E-state index is 0.814. The first-order valence-electron chi connectivity index (χ1n) is 47.7. The van der Waals surface area contributed by atoms with Crippen molar-refractivity contribution in [2.45, 2.75) is 415 Å². The zero-order chi connectivity index (χ0) is 111. The zero-order valence-electron chi connectivity index (χ0n) is 80.2. The number of hydrogen-bond donors (Lipinski definition) is 39. The van der Waals surface area contributed by atoms with Gasteiger partial charge in [0.15, 0.2) is 69.2 Å². The molecule has 61 atom stereocenters. The van der Waals surface area contributed by atoms with Crippen LogP contribution in [0.3, 0.4) is 0 Å². The van der Waals surface area contributed by atoms with Crippen LogP contribution in [0.2, 0.25) is 0 Å². The molecule has 12 aliphatic rings. The number of aliphatic carboxylic acids is 1. The van der Waals surface area contributed by atoms with Gasteiger partial charge in [0.2, 0.25) is 23.6 Å². The molecule has 67 nitrogen and oxygen atoms in total. The predicted octanol–water partition coefficient (Wildman–Crippen LogP) is -26.3. The zero-order valence-corrected chi connectivity index (χ0v) is 80.2. The summed E-state index contributed by atoms with van der Waals surface area (Å²) >= 11 is 0. The monoisotopic (exact) mass is 2200 g/mol. The van der Waals surface area contributed by atoms with Crippen LogP contribution in [0.5, 0.6) is 0 Å². The van der Waals surface area contributed by atoms with E-state index in [1.807, 2.05) is 0 Å². The van der Waals surface area contributed by atoms with Crippen molar-refractivity contribution in [3.05, 3.63) is 0 Å². The first-order valence-corrected chi connectivity index (χ1v) is 47.7. The Labute approximate surface area is 847 Å². The average molecular weight is 2200 g/mol. The maximum absolute atomic E-state index is 13.6. The standard InChI is InChI=1S/C83H138N4O63/c1-18-39(101)52(114)57(119)75(132-18)129-15-33-65(49(111)35(71(125)133-33)84-19(2)95)143-73-37(86-21(4)97)50(112)64(30(13-94)138-73)145-80-62(124)69(66(146-72-36(85-20(3)96)48(110)42(104)25(8-89)134-72)34(142-80)16-130-77-61(123)67(147-78-59(121)54(116)44(106)27(10-91)136-78)47(109)31(140-77)14-128-76-58(120)53(115)43(105)26(9-90)135-76)148-81-70(56(118)45(107)28(11-92)137-81)149-74-38(87-22(5)98)51(113)63(29(12-93)139-74)144-79-60(122)55(117)46(108)32(141-79)17-131-83(82(126)127)6-23(99)40(102)68(150-83)41(103)24(100)7-88/h18,23-81,88-94,99-125H,6-17H2,1-5H3,(H,84,95)(H,85,96)(H,86,97)(H,87,98)(H,126,127)/t18-,23-,24+,25+,26+,27+,28+,29+,30+,31+,32+,33+,34+,35+,36+,37+,38+,39+,40+,41+,42+,43+,44+,45+,46-,47+,48+,49+,50+,51+,52+,53-,54-,55-,56-,57-,58-,59-,60+,61-,62-,63+,64+,65+,66+,67-,68+,69+,70-,71+,72-,73-,74-,75+,76-,77-,78+,79-,80-,81+,83+/m0/s1. The van der Waals surface area contributed by atoms with Crippen LogP contribution in [-0.2, 0) is 133 Å². The summed E-state index contributed by atoms with van der Waals surface area (Å²) in [4.78, 5) is 66.0. The number of ether oxygens (including phenoxy) is 23. The molecule has 4 amide bonds. The van der Waals surface area contributed by atoms with E-state index in [0.717, 1.165) is 27.7 Å². The largest absolute Gasteiger partial charge is 0.477 e. The van der Waals surface area contributed by atoms with E-state index >= 15 is 0 Å². The number of aliphatic hydroxyl groups excluding tert-OH is 34. The molecule has 12 fully saturated rings. The number of rotatable bonds is 40. The second-order valence-corrected chi connectivity index (χ2v) is 38.1. The fourth-order valence-corrected chi connectivity index (χ4v) is 19.2. The van der Waals surface area contributed by atoms with Gasteiger partial charge in [0.25, 0.3) is 5.79 Å². The fraction of sp³-hybridized carbons (Fsp3) is 0.940. The van der Waals surface area contributed by atoms with E-state index in [2.05, 4.69) is 21.3 Å². The molecule has 0 radical (unpaired) electrons. The molecule has 12 rings (SSSR count). The Hall–Kier alpha value is -4.93. The highest BCUT2D eigenvalue weighted by atomic mass is 16.8. The highest BCUT2D eigenvalue weighted by Crippen LogP contribution is 2.44. The molecule has 0 bridgehead atoms. The normalized spacial score (nSPS) is 49.3. The lowest BCUT2D eigenvalue weighted by atomic mass is 9.90. The molecule has 39 N–H and O–H groups in total. The molecule has 12 saturated heterocycles. The van der Waals surface area contributed by atoms with Gasteiger partial charge in [0.05, 0.1) is 84.9 Å².